The maximum atomic E-state index is 11.5. The normalized spacial score (nSPS) is 32.6. The topological polar surface area (TPSA) is 29.5 Å². The molecule has 2 rings (SSSR count). The van der Waals surface area contributed by atoms with Crippen LogP contribution in [0.15, 0.2) is 23.9 Å². The Morgan fingerprint density at radius 1 is 1.47 bits per heavy atom. The van der Waals surface area contributed by atoms with Gasteiger partial charge in [0.25, 0.3) is 0 Å². The summed E-state index contributed by atoms with van der Waals surface area (Å²) in [5.41, 5.74) is 2.10. The second-order valence-corrected chi connectivity index (χ2v) is 5.34. The SMILES string of the molecule is C=C(C)C[C@H]1OC(=O)C=C1N1[C@@H](C)CC[C@@H]1C. The van der Waals surface area contributed by atoms with Crippen molar-refractivity contribution in [1.29, 1.82) is 0 Å². The Labute approximate surface area is 103 Å². The fourth-order valence-electron chi connectivity index (χ4n) is 2.86. The molecule has 17 heavy (non-hydrogen) atoms. The van der Waals surface area contributed by atoms with Crippen LogP contribution in [0.25, 0.3) is 0 Å². The minimum Gasteiger partial charge on any atom is -0.452 e. The first-order chi connectivity index (χ1) is 7.99. The zero-order chi connectivity index (χ0) is 12.6. The Balaban J connectivity index is 2.19. The van der Waals surface area contributed by atoms with E-state index < -0.39 is 0 Å². The number of hydrogen-bond donors (Lipinski definition) is 0. The molecule has 0 aromatic rings. The van der Waals surface area contributed by atoms with Crippen molar-refractivity contribution in [2.24, 2.45) is 0 Å². The van der Waals surface area contributed by atoms with Crippen LogP contribution in [-0.4, -0.2) is 29.1 Å². The molecule has 0 spiro atoms. The van der Waals surface area contributed by atoms with Gasteiger partial charge >= 0.3 is 5.97 Å². The molecule has 0 amide bonds. The highest BCUT2D eigenvalue weighted by atomic mass is 16.5. The van der Waals surface area contributed by atoms with Crippen LogP contribution in [-0.2, 0) is 9.53 Å². The van der Waals surface area contributed by atoms with Crippen molar-refractivity contribution < 1.29 is 9.53 Å². The Morgan fingerprint density at radius 2 is 2.06 bits per heavy atom. The monoisotopic (exact) mass is 235 g/mol. The molecule has 1 saturated heterocycles. The molecule has 0 bridgehead atoms. The average molecular weight is 235 g/mol. The first kappa shape index (κ1) is 12.2. The predicted octanol–water partition coefficient (Wildman–Crippen LogP) is 2.63. The van der Waals surface area contributed by atoms with Crippen molar-refractivity contribution in [3.63, 3.8) is 0 Å². The molecule has 3 nitrogen and oxygen atoms in total. The fraction of sp³-hybridized carbons (Fsp3) is 0.643. The third kappa shape index (κ3) is 2.38. The van der Waals surface area contributed by atoms with Crippen LogP contribution in [0, 0.1) is 0 Å². The number of likely N-dealkylation sites (tertiary alicyclic amines) is 1. The Bertz CT molecular complexity index is 362. The summed E-state index contributed by atoms with van der Waals surface area (Å²) in [5.74, 6) is -0.211. The second kappa shape index (κ2) is 4.55. The van der Waals surface area contributed by atoms with E-state index in [0.29, 0.717) is 12.1 Å². The van der Waals surface area contributed by atoms with Crippen LogP contribution in [0.3, 0.4) is 0 Å². The molecular formula is C14H21NO2. The van der Waals surface area contributed by atoms with Crippen molar-refractivity contribution in [3.05, 3.63) is 23.9 Å². The number of nitrogens with zero attached hydrogens (tertiary/aromatic N) is 1. The van der Waals surface area contributed by atoms with Crippen LogP contribution in [0.4, 0.5) is 0 Å². The number of rotatable bonds is 3. The van der Waals surface area contributed by atoms with E-state index in [1.165, 1.54) is 12.8 Å². The average Bonchev–Trinajstić information content (AvgIpc) is 2.70. The summed E-state index contributed by atoms with van der Waals surface area (Å²) in [6, 6.07) is 0.997. The van der Waals surface area contributed by atoms with E-state index >= 15 is 0 Å². The third-order valence-electron chi connectivity index (χ3n) is 3.64. The molecule has 2 aliphatic rings. The van der Waals surface area contributed by atoms with Crippen molar-refractivity contribution in [1.82, 2.24) is 4.90 Å². The van der Waals surface area contributed by atoms with Gasteiger partial charge in [0.15, 0.2) is 0 Å². The molecule has 0 N–H and O–H groups in total. The molecule has 2 heterocycles. The van der Waals surface area contributed by atoms with E-state index in [2.05, 4.69) is 25.3 Å². The number of carbonyl (C=O) groups excluding carboxylic acids is 1. The maximum Gasteiger partial charge on any atom is 0.333 e. The van der Waals surface area contributed by atoms with Gasteiger partial charge in [0, 0.05) is 24.6 Å². The van der Waals surface area contributed by atoms with Crippen LogP contribution in [0.5, 0.6) is 0 Å². The summed E-state index contributed by atoms with van der Waals surface area (Å²) < 4.78 is 5.36. The number of ether oxygens (including phenoxy) is 1. The molecule has 0 radical (unpaired) electrons. The van der Waals surface area contributed by atoms with Gasteiger partial charge in [-0.25, -0.2) is 4.79 Å². The van der Waals surface area contributed by atoms with Crippen LogP contribution in [0.2, 0.25) is 0 Å². The largest absolute Gasteiger partial charge is 0.452 e. The van der Waals surface area contributed by atoms with Crippen LogP contribution in [0.1, 0.15) is 40.0 Å². The molecule has 0 unspecified atom stereocenters. The molecule has 2 aliphatic heterocycles. The number of hydrogen-bond acceptors (Lipinski definition) is 3. The molecule has 1 fully saturated rings. The lowest BCUT2D eigenvalue weighted by molar-refractivity contribution is -0.139. The molecular weight excluding hydrogens is 214 g/mol. The van der Waals surface area contributed by atoms with Crippen molar-refractivity contribution in [2.75, 3.05) is 0 Å². The van der Waals surface area contributed by atoms with E-state index in [9.17, 15) is 4.79 Å². The Morgan fingerprint density at radius 3 is 2.59 bits per heavy atom. The van der Waals surface area contributed by atoms with Gasteiger partial charge in [-0.15, -0.1) is 0 Å². The van der Waals surface area contributed by atoms with Crippen molar-refractivity contribution >= 4 is 5.97 Å². The first-order valence-electron chi connectivity index (χ1n) is 6.34. The highest BCUT2D eigenvalue weighted by Crippen LogP contribution is 2.34. The molecule has 3 heteroatoms. The molecule has 0 aliphatic carbocycles. The number of cyclic esters (lactones) is 1. The Hall–Kier alpha value is -1.25. The van der Waals surface area contributed by atoms with Gasteiger partial charge < -0.3 is 9.64 Å². The zero-order valence-corrected chi connectivity index (χ0v) is 10.9. The summed E-state index contributed by atoms with van der Waals surface area (Å²) in [7, 11) is 0. The lowest BCUT2D eigenvalue weighted by Gasteiger charge is -2.32. The minimum atomic E-state index is -0.211. The van der Waals surface area contributed by atoms with Gasteiger partial charge in [-0.2, -0.15) is 0 Å². The van der Waals surface area contributed by atoms with Crippen molar-refractivity contribution in [3.8, 4) is 0 Å². The third-order valence-corrected chi connectivity index (χ3v) is 3.64. The quantitative estimate of drug-likeness (QED) is 0.556. The lowest BCUT2D eigenvalue weighted by atomic mass is 10.1. The van der Waals surface area contributed by atoms with Crippen LogP contribution >= 0.6 is 0 Å². The van der Waals surface area contributed by atoms with Gasteiger partial charge in [0.05, 0.1) is 5.70 Å². The number of esters is 1. The maximum absolute atomic E-state index is 11.5. The zero-order valence-electron chi connectivity index (χ0n) is 10.9. The van der Waals surface area contributed by atoms with Gasteiger partial charge in [-0.1, -0.05) is 12.2 Å². The molecule has 94 valence electrons. The summed E-state index contributed by atoms with van der Waals surface area (Å²) in [4.78, 5) is 13.8. The summed E-state index contributed by atoms with van der Waals surface area (Å²) >= 11 is 0. The molecule has 0 aromatic heterocycles. The molecule has 0 saturated carbocycles. The van der Waals surface area contributed by atoms with Crippen LogP contribution < -0.4 is 0 Å². The highest BCUT2D eigenvalue weighted by molar-refractivity contribution is 5.85. The first-order valence-corrected chi connectivity index (χ1v) is 6.34. The van der Waals surface area contributed by atoms with E-state index in [1.807, 2.05) is 6.92 Å². The summed E-state index contributed by atoms with van der Waals surface area (Å²) in [5, 5.41) is 0. The predicted molar refractivity (Wildman–Crippen MR) is 67.4 cm³/mol. The fourth-order valence-corrected chi connectivity index (χ4v) is 2.86. The van der Waals surface area contributed by atoms with Gasteiger partial charge in [-0.3, -0.25) is 0 Å². The van der Waals surface area contributed by atoms with Gasteiger partial charge in [-0.05, 0) is 33.6 Å². The minimum absolute atomic E-state index is 0.122. The molecule has 3 atom stereocenters. The Kier molecular flexibility index (Phi) is 3.27. The van der Waals surface area contributed by atoms with E-state index in [-0.39, 0.29) is 12.1 Å². The summed E-state index contributed by atoms with van der Waals surface area (Å²) in [6.45, 7) is 10.3. The summed E-state index contributed by atoms with van der Waals surface area (Å²) in [6.07, 6.45) is 4.64. The van der Waals surface area contributed by atoms with Gasteiger partial charge in [0.2, 0.25) is 0 Å². The second-order valence-electron chi connectivity index (χ2n) is 5.34. The standard InChI is InChI=1S/C14H21NO2/c1-9(2)7-13-12(8-14(16)17-13)15-10(3)5-6-11(15)4/h8,10-11,13H,1,5-7H2,2-4H3/t10-,11-,13+/m0/s1. The smallest absolute Gasteiger partial charge is 0.333 e. The highest BCUT2D eigenvalue weighted by Gasteiger charge is 2.37. The number of carbonyl (C=O) groups is 1. The van der Waals surface area contributed by atoms with E-state index in [1.54, 1.807) is 6.08 Å². The van der Waals surface area contributed by atoms with Crippen molar-refractivity contribution in [2.45, 2.75) is 58.2 Å². The van der Waals surface area contributed by atoms with Gasteiger partial charge in [0.1, 0.15) is 6.10 Å². The van der Waals surface area contributed by atoms with E-state index in [4.69, 9.17) is 4.74 Å². The molecule has 0 aromatic carbocycles. The van der Waals surface area contributed by atoms with E-state index in [0.717, 1.165) is 17.7 Å². The lowest BCUT2D eigenvalue weighted by Crippen LogP contribution is -2.36.